The molecule has 7 heteroatoms. The molecule has 2 unspecified atom stereocenters. The van der Waals surface area contributed by atoms with Crippen molar-refractivity contribution in [1.29, 1.82) is 0 Å². The quantitative estimate of drug-likeness (QED) is 0.414. The zero-order chi connectivity index (χ0) is 26.5. The van der Waals surface area contributed by atoms with E-state index in [-0.39, 0.29) is 11.8 Å². The zero-order valence-corrected chi connectivity index (χ0v) is 23.3. The van der Waals surface area contributed by atoms with Crippen LogP contribution >= 0.6 is 0 Å². The lowest BCUT2D eigenvalue weighted by Crippen LogP contribution is -2.37. The van der Waals surface area contributed by atoms with E-state index in [0.717, 1.165) is 81.1 Å². The number of likely N-dealkylation sites (N-methyl/N-ethyl adjacent to an activating group) is 1. The summed E-state index contributed by atoms with van der Waals surface area (Å²) in [6, 6.07) is 8.31. The van der Waals surface area contributed by atoms with Crippen molar-refractivity contribution in [2.75, 3.05) is 61.7 Å². The molecule has 2 aliphatic rings. The number of nitrogens with zero attached hydrogens (tertiary/aromatic N) is 2. The summed E-state index contributed by atoms with van der Waals surface area (Å²) in [4.78, 5) is 18.1. The molecule has 0 N–H and O–H groups in total. The van der Waals surface area contributed by atoms with Gasteiger partial charge in [-0.25, -0.2) is 0 Å². The fraction of sp³-hybridized carbons (Fsp3) is 0.567. The number of rotatable bonds is 12. The first-order valence-corrected chi connectivity index (χ1v) is 13.4. The van der Waals surface area contributed by atoms with Gasteiger partial charge in [-0.05, 0) is 85.8 Å². The molecule has 1 amide bonds. The highest BCUT2D eigenvalue weighted by molar-refractivity contribution is 5.85. The molecule has 1 aliphatic heterocycles. The number of ether oxygens (including phenoxy) is 4. The number of amides is 1. The molecule has 0 spiro atoms. The van der Waals surface area contributed by atoms with E-state index < -0.39 is 0 Å². The van der Waals surface area contributed by atoms with Crippen LogP contribution in [0.4, 0.5) is 0 Å². The van der Waals surface area contributed by atoms with Crippen LogP contribution in [0.1, 0.15) is 60.3 Å². The normalized spacial score (nSPS) is 18.6. The van der Waals surface area contributed by atoms with Crippen molar-refractivity contribution in [3.63, 3.8) is 0 Å². The molecule has 0 saturated carbocycles. The van der Waals surface area contributed by atoms with Gasteiger partial charge in [0, 0.05) is 25.6 Å². The second kappa shape index (κ2) is 12.1. The van der Waals surface area contributed by atoms with Crippen LogP contribution in [0.5, 0.6) is 23.0 Å². The standard InChI is InChI=1S/C30H42N2O5/c1-7-9-23-25-18-29(37-6)26(34-3)15-20(25)10-13-32(30(23)33)12-8-11-31(2)19-22-14-21-16-27(35-4)28(36-5)17-24(21)22/h15-18,22-23H,7-14,19H2,1-6H3. The van der Waals surface area contributed by atoms with Gasteiger partial charge in [0.05, 0.1) is 34.4 Å². The summed E-state index contributed by atoms with van der Waals surface area (Å²) >= 11 is 0. The average Bonchev–Trinajstić information content (AvgIpc) is 3.02. The Kier molecular flexibility index (Phi) is 8.85. The van der Waals surface area contributed by atoms with Gasteiger partial charge in [-0.3, -0.25) is 4.79 Å². The Bertz CT molecular complexity index is 1100. The van der Waals surface area contributed by atoms with Crippen LogP contribution in [0.15, 0.2) is 24.3 Å². The molecule has 1 heterocycles. The number of carbonyl (C=O) groups is 1. The molecule has 2 aromatic carbocycles. The van der Waals surface area contributed by atoms with E-state index in [1.807, 2.05) is 6.07 Å². The van der Waals surface area contributed by atoms with Crippen LogP contribution in [0, 0.1) is 0 Å². The fourth-order valence-corrected chi connectivity index (χ4v) is 5.89. The lowest BCUT2D eigenvalue weighted by Gasteiger charge is -2.34. The van der Waals surface area contributed by atoms with E-state index in [2.05, 4.69) is 42.0 Å². The minimum absolute atomic E-state index is 0.126. The van der Waals surface area contributed by atoms with Crippen LogP contribution in [-0.2, 0) is 17.6 Å². The van der Waals surface area contributed by atoms with E-state index in [1.165, 1.54) is 16.7 Å². The number of carbonyl (C=O) groups excluding carboxylic acids is 1. The maximum atomic E-state index is 13.6. The van der Waals surface area contributed by atoms with Crippen LogP contribution in [0.2, 0.25) is 0 Å². The Balaban J connectivity index is 1.35. The van der Waals surface area contributed by atoms with Gasteiger partial charge in [0.2, 0.25) is 5.91 Å². The van der Waals surface area contributed by atoms with Crippen molar-refractivity contribution in [2.45, 2.75) is 50.9 Å². The van der Waals surface area contributed by atoms with Crippen molar-refractivity contribution >= 4 is 5.91 Å². The van der Waals surface area contributed by atoms with E-state index in [9.17, 15) is 4.79 Å². The van der Waals surface area contributed by atoms with Gasteiger partial charge in [0.25, 0.3) is 0 Å². The summed E-state index contributed by atoms with van der Waals surface area (Å²) in [6.45, 7) is 5.61. The van der Waals surface area contributed by atoms with E-state index in [4.69, 9.17) is 18.9 Å². The molecular weight excluding hydrogens is 468 g/mol. The molecule has 2 atom stereocenters. The molecule has 0 bridgehead atoms. The van der Waals surface area contributed by atoms with Crippen molar-refractivity contribution in [1.82, 2.24) is 9.80 Å². The van der Waals surface area contributed by atoms with Crippen LogP contribution in [-0.4, -0.2) is 77.4 Å². The topological polar surface area (TPSA) is 60.5 Å². The lowest BCUT2D eigenvalue weighted by molar-refractivity contribution is -0.132. The van der Waals surface area contributed by atoms with Gasteiger partial charge in [-0.2, -0.15) is 0 Å². The van der Waals surface area contributed by atoms with E-state index in [1.54, 1.807) is 28.4 Å². The maximum Gasteiger partial charge on any atom is 0.230 e. The van der Waals surface area contributed by atoms with Crippen molar-refractivity contribution in [3.8, 4) is 23.0 Å². The highest BCUT2D eigenvalue weighted by atomic mass is 16.5. The lowest BCUT2D eigenvalue weighted by atomic mass is 9.77. The molecule has 7 nitrogen and oxygen atoms in total. The summed E-state index contributed by atoms with van der Waals surface area (Å²) in [5, 5.41) is 0. The van der Waals surface area contributed by atoms with Gasteiger partial charge >= 0.3 is 0 Å². The zero-order valence-electron chi connectivity index (χ0n) is 23.3. The highest BCUT2D eigenvalue weighted by Crippen LogP contribution is 2.42. The number of hydrogen-bond donors (Lipinski definition) is 0. The molecule has 0 saturated heterocycles. The van der Waals surface area contributed by atoms with Crippen molar-refractivity contribution in [3.05, 3.63) is 46.5 Å². The Hall–Kier alpha value is -2.93. The van der Waals surface area contributed by atoms with Crippen molar-refractivity contribution < 1.29 is 23.7 Å². The molecule has 37 heavy (non-hydrogen) atoms. The molecule has 0 fully saturated rings. The van der Waals surface area contributed by atoms with Crippen LogP contribution in [0.25, 0.3) is 0 Å². The highest BCUT2D eigenvalue weighted by Gasteiger charge is 2.32. The third-order valence-corrected chi connectivity index (χ3v) is 7.91. The van der Waals surface area contributed by atoms with E-state index in [0.29, 0.717) is 11.7 Å². The Morgan fingerprint density at radius 1 is 0.892 bits per heavy atom. The summed E-state index contributed by atoms with van der Waals surface area (Å²) < 4.78 is 22.0. The van der Waals surface area contributed by atoms with Gasteiger partial charge in [0.15, 0.2) is 23.0 Å². The molecule has 202 valence electrons. The first-order chi connectivity index (χ1) is 17.9. The second-order valence-electron chi connectivity index (χ2n) is 10.2. The molecule has 0 aromatic heterocycles. The average molecular weight is 511 g/mol. The summed E-state index contributed by atoms with van der Waals surface area (Å²) in [5.74, 6) is 3.64. The third kappa shape index (κ3) is 5.66. The van der Waals surface area contributed by atoms with Gasteiger partial charge in [-0.1, -0.05) is 13.3 Å². The predicted molar refractivity (Wildman–Crippen MR) is 146 cm³/mol. The monoisotopic (exact) mass is 510 g/mol. The maximum absolute atomic E-state index is 13.6. The molecule has 4 rings (SSSR count). The largest absolute Gasteiger partial charge is 0.493 e. The Labute approximate surface area is 221 Å². The fourth-order valence-electron chi connectivity index (χ4n) is 5.89. The Morgan fingerprint density at radius 2 is 1.49 bits per heavy atom. The van der Waals surface area contributed by atoms with Crippen LogP contribution < -0.4 is 18.9 Å². The predicted octanol–water partition coefficient (Wildman–Crippen LogP) is 4.65. The molecule has 0 radical (unpaired) electrons. The molecule has 1 aliphatic carbocycles. The number of methoxy groups -OCH3 is 4. The SMILES string of the molecule is CCCC1C(=O)N(CCCN(C)CC2Cc3cc(OC)c(OC)cc32)CCc2cc(OC)c(OC)cc21. The number of benzene rings is 2. The minimum Gasteiger partial charge on any atom is -0.493 e. The third-order valence-electron chi connectivity index (χ3n) is 7.91. The van der Waals surface area contributed by atoms with Crippen molar-refractivity contribution in [2.24, 2.45) is 0 Å². The van der Waals surface area contributed by atoms with Gasteiger partial charge < -0.3 is 28.7 Å². The van der Waals surface area contributed by atoms with Gasteiger partial charge in [-0.15, -0.1) is 0 Å². The first kappa shape index (κ1) is 27.1. The Morgan fingerprint density at radius 3 is 2.11 bits per heavy atom. The van der Waals surface area contributed by atoms with Crippen LogP contribution in [0.3, 0.4) is 0 Å². The van der Waals surface area contributed by atoms with E-state index >= 15 is 0 Å². The van der Waals surface area contributed by atoms with Gasteiger partial charge in [0.1, 0.15) is 0 Å². The number of fused-ring (bicyclic) bond motifs is 2. The second-order valence-corrected chi connectivity index (χ2v) is 10.2. The summed E-state index contributed by atoms with van der Waals surface area (Å²) in [7, 11) is 8.85. The first-order valence-electron chi connectivity index (χ1n) is 13.4. The molecular formula is C30H42N2O5. The number of hydrogen-bond acceptors (Lipinski definition) is 6. The summed E-state index contributed by atoms with van der Waals surface area (Å²) in [6.07, 6.45) is 4.65. The smallest absolute Gasteiger partial charge is 0.230 e. The molecule has 2 aromatic rings. The minimum atomic E-state index is -0.126. The summed E-state index contributed by atoms with van der Waals surface area (Å²) in [5.41, 5.74) is 5.00.